The minimum absolute atomic E-state index is 0.0320. The van der Waals surface area contributed by atoms with Gasteiger partial charge in [-0.25, -0.2) is 0 Å². The van der Waals surface area contributed by atoms with Gasteiger partial charge in [0, 0.05) is 18.6 Å². The van der Waals surface area contributed by atoms with Crippen LogP contribution in [0.1, 0.15) is 30.9 Å². The third kappa shape index (κ3) is 4.09. The summed E-state index contributed by atoms with van der Waals surface area (Å²) < 4.78 is 0. The van der Waals surface area contributed by atoms with Crippen molar-refractivity contribution < 1.29 is 5.11 Å². The zero-order valence-corrected chi connectivity index (χ0v) is 11.8. The van der Waals surface area contributed by atoms with E-state index in [1.54, 1.807) is 0 Å². The van der Waals surface area contributed by atoms with Gasteiger partial charge < -0.3 is 10.8 Å². The number of nitrogens with zero attached hydrogens (tertiary/aromatic N) is 1. The van der Waals surface area contributed by atoms with Crippen molar-refractivity contribution in [1.29, 1.82) is 0 Å². The molecule has 0 aliphatic heterocycles. The molecular formula is C15H26N2O. The van der Waals surface area contributed by atoms with Gasteiger partial charge in [0.15, 0.2) is 0 Å². The van der Waals surface area contributed by atoms with E-state index in [1.807, 2.05) is 13.1 Å². The first-order chi connectivity index (χ1) is 8.60. The lowest BCUT2D eigenvalue weighted by molar-refractivity contribution is 0.118. The molecule has 2 atom stereocenters. The Labute approximate surface area is 111 Å². The number of nitrogens with two attached hydrogens (primary N) is 1. The Morgan fingerprint density at radius 1 is 1.33 bits per heavy atom. The van der Waals surface area contributed by atoms with E-state index in [-0.39, 0.29) is 18.7 Å². The summed E-state index contributed by atoms with van der Waals surface area (Å²) in [6.07, 6.45) is 2.00. The Hall–Kier alpha value is -0.900. The van der Waals surface area contributed by atoms with Gasteiger partial charge in [0.25, 0.3) is 0 Å². The normalized spacial score (nSPS) is 14.8. The summed E-state index contributed by atoms with van der Waals surface area (Å²) in [5.41, 5.74) is 8.71. The summed E-state index contributed by atoms with van der Waals surface area (Å²) >= 11 is 0. The molecule has 0 spiro atoms. The predicted molar refractivity (Wildman–Crippen MR) is 76.4 cm³/mol. The molecule has 1 aromatic rings. The van der Waals surface area contributed by atoms with Gasteiger partial charge in [-0.2, -0.15) is 0 Å². The van der Waals surface area contributed by atoms with E-state index < -0.39 is 0 Å². The molecular weight excluding hydrogens is 224 g/mol. The molecule has 0 amide bonds. The highest BCUT2D eigenvalue weighted by Gasteiger charge is 2.21. The standard InChI is InChI=1S/C15H26N2O/c1-4-7-14(16)15(11-18)17(3)10-13-9-6-5-8-12(13)2/h5-6,8-9,14-15,18H,4,7,10-11,16H2,1-3H3. The van der Waals surface area contributed by atoms with E-state index in [2.05, 4.69) is 36.9 Å². The van der Waals surface area contributed by atoms with Crippen LogP contribution in [0.5, 0.6) is 0 Å². The number of benzene rings is 1. The maximum atomic E-state index is 9.52. The van der Waals surface area contributed by atoms with E-state index in [0.717, 1.165) is 19.4 Å². The number of aryl methyl sites for hydroxylation is 1. The molecule has 0 heterocycles. The van der Waals surface area contributed by atoms with E-state index in [4.69, 9.17) is 5.73 Å². The van der Waals surface area contributed by atoms with Crippen LogP contribution in [0, 0.1) is 6.92 Å². The van der Waals surface area contributed by atoms with Gasteiger partial charge in [-0.1, -0.05) is 37.6 Å². The van der Waals surface area contributed by atoms with Crippen molar-refractivity contribution in [1.82, 2.24) is 4.90 Å². The van der Waals surface area contributed by atoms with Crippen molar-refractivity contribution in [3.8, 4) is 0 Å². The van der Waals surface area contributed by atoms with Crippen LogP contribution in [0.4, 0.5) is 0 Å². The minimum Gasteiger partial charge on any atom is -0.395 e. The zero-order chi connectivity index (χ0) is 13.5. The molecule has 3 N–H and O–H groups in total. The second kappa shape index (κ2) is 7.52. The second-order valence-electron chi connectivity index (χ2n) is 5.04. The molecule has 2 unspecified atom stereocenters. The molecule has 3 nitrogen and oxygen atoms in total. The molecule has 0 aliphatic carbocycles. The number of hydrogen-bond donors (Lipinski definition) is 2. The summed E-state index contributed by atoms with van der Waals surface area (Å²) in [5.74, 6) is 0. The average molecular weight is 250 g/mol. The Kier molecular flexibility index (Phi) is 6.33. The van der Waals surface area contributed by atoms with Crippen LogP contribution in [-0.2, 0) is 6.54 Å². The van der Waals surface area contributed by atoms with Gasteiger partial charge in [0.1, 0.15) is 0 Å². The van der Waals surface area contributed by atoms with Gasteiger partial charge in [-0.05, 0) is 31.5 Å². The third-order valence-corrected chi connectivity index (χ3v) is 3.55. The first kappa shape index (κ1) is 15.2. The molecule has 1 aromatic carbocycles. The fourth-order valence-corrected chi connectivity index (χ4v) is 2.30. The fraction of sp³-hybridized carbons (Fsp3) is 0.600. The van der Waals surface area contributed by atoms with Crippen LogP contribution in [0.25, 0.3) is 0 Å². The van der Waals surface area contributed by atoms with Gasteiger partial charge in [-0.3, -0.25) is 4.90 Å². The van der Waals surface area contributed by atoms with Crippen LogP contribution in [-0.4, -0.2) is 35.7 Å². The van der Waals surface area contributed by atoms with Crippen LogP contribution < -0.4 is 5.73 Å². The Bertz CT molecular complexity index is 354. The van der Waals surface area contributed by atoms with Crippen molar-refractivity contribution in [2.45, 2.75) is 45.3 Å². The smallest absolute Gasteiger partial charge is 0.0601 e. The Morgan fingerprint density at radius 3 is 2.56 bits per heavy atom. The molecule has 0 saturated heterocycles. The van der Waals surface area contributed by atoms with Gasteiger partial charge in [0.05, 0.1) is 6.61 Å². The molecule has 3 heteroatoms. The lowest BCUT2D eigenvalue weighted by Crippen LogP contribution is -2.48. The zero-order valence-electron chi connectivity index (χ0n) is 11.8. The number of aliphatic hydroxyl groups is 1. The fourth-order valence-electron chi connectivity index (χ4n) is 2.30. The quantitative estimate of drug-likeness (QED) is 0.777. The highest BCUT2D eigenvalue weighted by molar-refractivity contribution is 5.25. The first-order valence-corrected chi connectivity index (χ1v) is 6.71. The topological polar surface area (TPSA) is 49.5 Å². The Balaban J connectivity index is 2.68. The van der Waals surface area contributed by atoms with Crippen molar-refractivity contribution in [2.75, 3.05) is 13.7 Å². The third-order valence-electron chi connectivity index (χ3n) is 3.55. The maximum Gasteiger partial charge on any atom is 0.0601 e. The average Bonchev–Trinajstić information content (AvgIpc) is 2.33. The van der Waals surface area contributed by atoms with Crippen LogP contribution >= 0.6 is 0 Å². The number of rotatable bonds is 7. The largest absolute Gasteiger partial charge is 0.395 e. The molecule has 0 saturated carbocycles. The molecule has 18 heavy (non-hydrogen) atoms. The van der Waals surface area contributed by atoms with Crippen LogP contribution in [0.3, 0.4) is 0 Å². The maximum absolute atomic E-state index is 9.52. The lowest BCUT2D eigenvalue weighted by atomic mass is 10.0. The predicted octanol–water partition coefficient (Wildman–Crippen LogP) is 1.92. The van der Waals surface area contributed by atoms with Crippen molar-refractivity contribution >= 4 is 0 Å². The first-order valence-electron chi connectivity index (χ1n) is 6.71. The van der Waals surface area contributed by atoms with Crippen molar-refractivity contribution in [3.05, 3.63) is 35.4 Å². The number of aliphatic hydroxyl groups excluding tert-OH is 1. The highest BCUT2D eigenvalue weighted by Crippen LogP contribution is 2.13. The Morgan fingerprint density at radius 2 is 2.00 bits per heavy atom. The summed E-state index contributed by atoms with van der Waals surface area (Å²) in [4.78, 5) is 2.16. The monoisotopic (exact) mass is 250 g/mol. The summed E-state index contributed by atoms with van der Waals surface area (Å²) in [5, 5.41) is 9.52. The van der Waals surface area contributed by atoms with E-state index in [9.17, 15) is 5.11 Å². The summed E-state index contributed by atoms with van der Waals surface area (Å²) in [6.45, 7) is 5.18. The van der Waals surface area contributed by atoms with Crippen LogP contribution in [0.15, 0.2) is 24.3 Å². The van der Waals surface area contributed by atoms with E-state index in [0.29, 0.717) is 0 Å². The highest BCUT2D eigenvalue weighted by atomic mass is 16.3. The molecule has 0 bridgehead atoms. The molecule has 0 aromatic heterocycles. The second-order valence-corrected chi connectivity index (χ2v) is 5.04. The minimum atomic E-state index is 0.0320. The molecule has 102 valence electrons. The van der Waals surface area contributed by atoms with Gasteiger partial charge in [0.2, 0.25) is 0 Å². The molecule has 0 aliphatic rings. The van der Waals surface area contributed by atoms with Gasteiger partial charge >= 0.3 is 0 Å². The molecule has 0 fully saturated rings. The van der Waals surface area contributed by atoms with Crippen molar-refractivity contribution in [2.24, 2.45) is 5.73 Å². The lowest BCUT2D eigenvalue weighted by Gasteiger charge is -2.31. The SMILES string of the molecule is CCCC(N)C(CO)N(C)Cc1ccccc1C. The molecule has 0 radical (unpaired) electrons. The van der Waals surface area contributed by atoms with E-state index >= 15 is 0 Å². The van der Waals surface area contributed by atoms with Gasteiger partial charge in [-0.15, -0.1) is 0 Å². The van der Waals surface area contributed by atoms with E-state index in [1.165, 1.54) is 11.1 Å². The van der Waals surface area contributed by atoms with Crippen LogP contribution in [0.2, 0.25) is 0 Å². The number of hydrogen-bond acceptors (Lipinski definition) is 3. The number of likely N-dealkylation sites (N-methyl/N-ethyl adjacent to an activating group) is 1. The summed E-state index contributed by atoms with van der Waals surface area (Å²) in [6, 6.07) is 8.41. The summed E-state index contributed by atoms with van der Waals surface area (Å²) in [7, 11) is 2.03. The molecule has 1 rings (SSSR count). The van der Waals surface area contributed by atoms with Crippen molar-refractivity contribution in [3.63, 3.8) is 0 Å².